The molecule has 98 valence electrons. The molecular formula is C12H17N3O2S. The molecule has 5 nitrogen and oxygen atoms in total. The largest absolute Gasteiger partial charge is 0.466 e. The molecule has 1 unspecified atom stereocenters. The van der Waals surface area contributed by atoms with Crippen LogP contribution in [0.1, 0.15) is 26.0 Å². The summed E-state index contributed by atoms with van der Waals surface area (Å²) in [6.45, 7) is 4.13. The highest BCUT2D eigenvalue weighted by atomic mass is 32.1. The van der Waals surface area contributed by atoms with Gasteiger partial charge in [-0.3, -0.25) is 4.79 Å². The molecule has 0 aliphatic carbocycles. The van der Waals surface area contributed by atoms with Gasteiger partial charge in [-0.25, -0.2) is 4.98 Å². The summed E-state index contributed by atoms with van der Waals surface area (Å²) in [6, 6.07) is 2.24. The van der Waals surface area contributed by atoms with Crippen molar-refractivity contribution >= 4 is 22.4 Å². The normalized spacial score (nSPS) is 11.7. The molecule has 0 aliphatic heterocycles. The number of anilines is 1. The van der Waals surface area contributed by atoms with Gasteiger partial charge >= 0.3 is 5.97 Å². The van der Waals surface area contributed by atoms with E-state index in [0.717, 1.165) is 5.13 Å². The van der Waals surface area contributed by atoms with E-state index in [1.165, 1.54) is 11.3 Å². The molecule has 1 rings (SSSR count). The SMILES string of the molecule is CCOC(=O)Cc1csc(N(C)C(C)CC#N)n1. The van der Waals surface area contributed by atoms with Crippen LogP contribution >= 0.6 is 11.3 Å². The minimum Gasteiger partial charge on any atom is -0.466 e. The van der Waals surface area contributed by atoms with Crippen LogP contribution in [0.5, 0.6) is 0 Å². The minimum atomic E-state index is -0.262. The van der Waals surface area contributed by atoms with E-state index in [4.69, 9.17) is 10.00 Å². The Balaban J connectivity index is 2.63. The Morgan fingerprint density at radius 3 is 3.06 bits per heavy atom. The molecule has 0 N–H and O–H groups in total. The van der Waals surface area contributed by atoms with Crippen molar-refractivity contribution in [2.45, 2.75) is 32.7 Å². The van der Waals surface area contributed by atoms with Gasteiger partial charge in [-0.15, -0.1) is 11.3 Å². The molecule has 0 bridgehead atoms. The van der Waals surface area contributed by atoms with Crippen LogP contribution in [0.25, 0.3) is 0 Å². The number of esters is 1. The molecular weight excluding hydrogens is 250 g/mol. The smallest absolute Gasteiger partial charge is 0.311 e. The van der Waals surface area contributed by atoms with Crippen molar-refractivity contribution in [3.63, 3.8) is 0 Å². The van der Waals surface area contributed by atoms with Crippen LogP contribution in [0.15, 0.2) is 5.38 Å². The molecule has 0 saturated heterocycles. The van der Waals surface area contributed by atoms with Crippen molar-refractivity contribution < 1.29 is 9.53 Å². The Hall–Kier alpha value is -1.61. The highest BCUT2D eigenvalue weighted by Crippen LogP contribution is 2.22. The zero-order chi connectivity index (χ0) is 13.5. The van der Waals surface area contributed by atoms with E-state index >= 15 is 0 Å². The van der Waals surface area contributed by atoms with Gasteiger partial charge in [-0.1, -0.05) is 0 Å². The number of nitrogens with zero attached hydrogens (tertiary/aromatic N) is 3. The Kier molecular flexibility index (Phi) is 5.59. The lowest BCUT2D eigenvalue weighted by Gasteiger charge is -2.21. The van der Waals surface area contributed by atoms with Crippen molar-refractivity contribution in [1.82, 2.24) is 4.98 Å². The molecule has 0 amide bonds. The lowest BCUT2D eigenvalue weighted by molar-refractivity contribution is -0.142. The molecule has 0 spiro atoms. The first-order chi connectivity index (χ1) is 8.58. The molecule has 6 heteroatoms. The standard InChI is InChI=1S/C12H17N3O2S/c1-4-17-11(16)7-10-8-18-12(14-10)15(3)9(2)5-6-13/h8-9H,4-5,7H2,1-3H3. The van der Waals surface area contributed by atoms with Crippen LogP contribution in [-0.2, 0) is 16.0 Å². The summed E-state index contributed by atoms with van der Waals surface area (Å²) in [7, 11) is 1.90. The van der Waals surface area contributed by atoms with Crippen LogP contribution in [0.4, 0.5) is 5.13 Å². The number of rotatable bonds is 6. The summed E-state index contributed by atoms with van der Waals surface area (Å²) in [4.78, 5) is 17.6. The van der Waals surface area contributed by atoms with Gasteiger partial charge in [0.15, 0.2) is 5.13 Å². The molecule has 0 fully saturated rings. The summed E-state index contributed by atoms with van der Waals surface area (Å²) in [5.74, 6) is -0.262. The number of ether oxygens (including phenoxy) is 1. The summed E-state index contributed by atoms with van der Waals surface area (Å²) in [6.07, 6.45) is 0.647. The number of nitriles is 1. The minimum absolute atomic E-state index is 0.108. The highest BCUT2D eigenvalue weighted by molar-refractivity contribution is 7.13. The van der Waals surface area contributed by atoms with E-state index in [-0.39, 0.29) is 18.4 Å². The third-order valence-corrected chi connectivity index (χ3v) is 3.50. The lowest BCUT2D eigenvalue weighted by Crippen LogP contribution is -2.28. The van der Waals surface area contributed by atoms with E-state index in [2.05, 4.69) is 11.1 Å². The van der Waals surface area contributed by atoms with E-state index in [0.29, 0.717) is 18.7 Å². The maximum Gasteiger partial charge on any atom is 0.311 e. The molecule has 1 heterocycles. The molecule has 0 saturated carbocycles. The van der Waals surface area contributed by atoms with Gasteiger partial charge in [0.1, 0.15) is 0 Å². The molecule has 0 aliphatic rings. The highest BCUT2D eigenvalue weighted by Gasteiger charge is 2.14. The zero-order valence-corrected chi connectivity index (χ0v) is 11.7. The van der Waals surface area contributed by atoms with Crippen LogP contribution < -0.4 is 4.90 Å². The van der Waals surface area contributed by atoms with Crippen molar-refractivity contribution in [3.05, 3.63) is 11.1 Å². The number of hydrogen-bond acceptors (Lipinski definition) is 6. The van der Waals surface area contributed by atoms with Gasteiger partial charge in [0.25, 0.3) is 0 Å². The predicted molar refractivity (Wildman–Crippen MR) is 70.5 cm³/mol. The number of carbonyl (C=O) groups is 1. The Bertz CT molecular complexity index is 439. The lowest BCUT2D eigenvalue weighted by atomic mass is 10.2. The first-order valence-corrected chi connectivity index (χ1v) is 6.66. The van der Waals surface area contributed by atoms with Gasteiger partial charge in [-0.2, -0.15) is 5.26 Å². The number of thiazole rings is 1. The summed E-state index contributed by atoms with van der Waals surface area (Å²) in [5.41, 5.74) is 0.712. The van der Waals surface area contributed by atoms with E-state index in [1.54, 1.807) is 6.92 Å². The van der Waals surface area contributed by atoms with Crippen LogP contribution in [0, 0.1) is 11.3 Å². The fourth-order valence-corrected chi connectivity index (χ4v) is 2.25. The Morgan fingerprint density at radius 1 is 1.72 bits per heavy atom. The molecule has 1 aromatic rings. The first kappa shape index (κ1) is 14.5. The second-order valence-corrected chi connectivity index (χ2v) is 4.76. The maximum atomic E-state index is 11.3. The topological polar surface area (TPSA) is 66.2 Å². The van der Waals surface area contributed by atoms with Gasteiger partial charge in [0.05, 0.1) is 31.2 Å². The van der Waals surface area contributed by atoms with Gasteiger partial charge in [-0.05, 0) is 13.8 Å². The molecule has 18 heavy (non-hydrogen) atoms. The number of aromatic nitrogens is 1. The summed E-state index contributed by atoms with van der Waals surface area (Å²) >= 11 is 1.47. The van der Waals surface area contributed by atoms with Crippen molar-refractivity contribution in [3.8, 4) is 6.07 Å². The Morgan fingerprint density at radius 2 is 2.44 bits per heavy atom. The third kappa shape index (κ3) is 4.00. The second kappa shape index (κ2) is 6.97. The van der Waals surface area contributed by atoms with Crippen LogP contribution in [-0.4, -0.2) is 30.6 Å². The van der Waals surface area contributed by atoms with Crippen molar-refractivity contribution in [2.24, 2.45) is 0 Å². The summed E-state index contributed by atoms with van der Waals surface area (Å²) < 4.78 is 4.87. The average Bonchev–Trinajstić information content (AvgIpc) is 2.77. The molecule has 0 aromatic carbocycles. The van der Waals surface area contributed by atoms with Crippen LogP contribution in [0.2, 0.25) is 0 Å². The Labute approximate surface area is 111 Å². The fourth-order valence-electron chi connectivity index (χ4n) is 1.36. The van der Waals surface area contributed by atoms with Crippen molar-refractivity contribution in [2.75, 3.05) is 18.6 Å². The monoisotopic (exact) mass is 267 g/mol. The average molecular weight is 267 g/mol. The number of carbonyl (C=O) groups excluding carboxylic acids is 1. The summed E-state index contributed by atoms with van der Waals surface area (Å²) in [5, 5.41) is 11.3. The van der Waals surface area contributed by atoms with Gasteiger partial charge in [0, 0.05) is 18.5 Å². The molecule has 1 atom stereocenters. The third-order valence-electron chi connectivity index (χ3n) is 2.52. The van der Waals surface area contributed by atoms with Crippen LogP contribution in [0.3, 0.4) is 0 Å². The predicted octanol–water partition coefficient (Wildman–Crippen LogP) is 1.99. The van der Waals surface area contributed by atoms with Gasteiger partial charge in [0.2, 0.25) is 0 Å². The van der Waals surface area contributed by atoms with E-state index in [1.807, 2.05) is 24.3 Å². The van der Waals surface area contributed by atoms with E-state index in [9.17, 15) is 4.79 Å². The molecule has 0 radical (unpaired) electrons. The number of hydrogen-bond donors (Lipinski definition) is 0. The second-order valence-electron chi connectivity index (χ2n) is 3.93. The maximum absolute atomic E-state index is 11.3. The van der Waals surface area contributed by atoms with Gasteiger partial charge < -0.3 is 9.64 Å². The fraction of sp³-hybridized carbons (Fsp3) is 0.583. The first-order valence-electron chi connectivity index (χ1n) is 5.78. The quantitative estimate of drug-likeness (QED) is 0.737. The zero-order valence-electron chi connectivity index (χ0n) is 10.8. The van der Waals surface area contributed by atoms with E-state index < -0.39 is 0 Å². The van der Waals surface area contributed by atoms with Crippen molar-refractivity contribution in [1.29, 1.82) is 5.26 Å². The molecule has 1 aromatic heterocycles.